The van der Waals surface area contributed by atoms with Crippen LogP contribution in [0.25, 0.3) is 0 Å². The highest BCUT2D eigenvalue weighted by atomic mass is 35.5. The molecule has 1 N–H and O–H groups in total. The molecule has 0 aliphatic carbocycles. The van der Waals surface area contributed by atoms with Crippen LogP contribution in [0.2, 0.25) is 5.02 Å². The number of halogens is 1. The fourth-order valence-electron chi connectivity index (χ4n) is 2.67. The molecule has 0 bridgehead atoms. The van der Waals surface area contributed by atoms with Gasteiger partial charge in [0.05, 0.1) is 0 Å². The molecule has 18 heavy (non-hydrogen) atoms. The number of rotatable bonds is 2. The first-order valence-electron chi connectivity index (χ1n) is 6.40. The average molecular weight is 258 g/mol. The van der Waals surface area contributed by atoms with Gasteiger partial charge in [-0.2, -0.15) is 0 Å². The second-order valence-corrected chi connectivity index (χ2v) is 5.27. The molecular formula is C16H16ClN. The Hall–Kier alpha value is -1.47. The molecular weight excluding hydrogens is 242 g/mol. The summed E-state index contributed by atoms with van der Waals surface area (Å²) in [5, 5.41) is 4.28. The van der Waals surface area contributed by atoms with Gasteiger partial charge in [0.2, 0.25) is 0 Å². The molecule has 0 radical (unpaired) electrons. The van der Waals surface area contributed by atoms with Gasteiger partial charge in [0, 0.05) is 17.3 Å². The summed E-state index contributed by atoms with van der Waals surface area (Å²) in [6, 6.07) is 16.8. The number of anilines is 1. The molecule has 1 nitrogen and oxygen atoms in total. The van der Waals surface area contributed by atoms with Crippen LogP contribution < -0.4 is 5.32 Å². The van der Waals surface area contributed by atoms with Crippen LogP contribution in [0, 0.1) is 0 Å². The zero-order valence-electron chi connectivity index (χ0n) is 10.2. The van der Waals surface area contributed by atoms with E-state index in [9.17, 15) is 0 Å². The smallest absolute Gasteiger partial charge is 0.0406 e. The van der Waals surface area contributed by atoms with Crippen LogP contribution in [0.1, 0.15) is 23.5 Å². The molecule has 2 heteroatoms. The quantitative estimate of drug-likeness (QED) is 0.836. The highest BCUT2D eigenvalue weighted by molar-refractivity contribution is 6.30. The third-order valence-electron chi connectivity index (χ3n) is 3.60. The zero-order chi connectivity index (χ0) is 12.4. The van der Waals surface area contributed by atoms with E-state index < -0.39 is 0 Å². The lowest BCUT2D eigenvalue weighted by atomic mass is 9.86. The Labute approximate surface area is 113 Å². The normalized spacial score (nSPS) is 17.9. The predicted molar refractivity (Wildman–Crippen MR) is 77.4 cm³/mol. The summed E-state index contributed by atoms with van der Waals surface area (Å²) in [4.78, 5) is 0. The highest BCUT2D eigenvalue weighted by Gasteiger charge is 2.19. The van der Waals surface area contributed by atoms with E-state index in [2.05, 4.69) is 41.7 Å². The summed E-state index contributed by atoms with van der Waals surface area (Å²) in [5.41, 5.74) is 4.10. The fourth-order valence-corrected chi connectivity index (χ4v) is 2.79. The third-order valence-corrected chi connectivity index (χ3v) is 3.86. The van der Waals surface area contributed by atoms with E-state index in [1.807, 2.05) is 12.1 Å². The minimum absolute atomic E-state index is 0.614. The molecule has 3 rings (SSSR count). The van der Waals surface area contributed by atoms with Crippen molar-refractivity contribution in [2.75, 3.05) is 11.9 Å². The first kappa shape index (κ1) is 11.6. The Kier molecular flexibility index (Phi) is 3.24. The van der Waals surface area contributed by atoms with Crippen molar-refractivity contribution in [2.45, 2.75) is 18.8 Å². The van der Waals surface area contributed by atoms with E-state index in [0.29, 0.717) is 5.92 Å². The van der Waals surface area contributed by atoms with Crippen molar-refractivity contribution < 1.29 is 0 Å². The summed E-state index contributed by atoms with van der Waals surface area (Å²) in [6.45, 7) is 1.06. The lowest BCUT2D eigenvalue weighted by Crippen LogP contribution is -2.18. The van der Waals surface area contributed by atoms with E-state index in [0.717, 1.165) is 18.0 Å². The minimum atomic E-state index is 0.614. The summed E-state index contributed by atoms with van der Waals surface area (Å²) in [6.07, 6.45) is 2.29. The molecule has 0 spiro atoms. The van der Waals surface area contributed by atoms with Crippen LogP contribution >= 0.6 is 11.6 Å². The van der Waals surface area contributed by atoms with Crippen LogP contribution in [0.15, 0.2) is 48.5 Å². The number of fused-ring (bicyclic) bond motifs is 1. The van der Waals surface area contributed by atoms with E-state index in [4.69, 9.17) is 11.6 Å². The van der Waals surface area contributed by atoms with Gasteiger partial charge in [-0.25, -0.2) is 0 Å². The molecule has 2 aromatic carbocycles. The number of nitrogens with one attached hydrogen (secondary N) is 1. The molecule has 92 valence electrons. The molecule has 0 amide bonds. The Morgan fingerprint density at radius 1 is 1.06 bits per heavy atom. The Balaban J connectivity index is 1.84. The standard InChI is InChI=1S/C16H16ClN/c17-14-7-5-12(6-8-14)11-13-9-10-18-16-4-2-1-3-15(13)16/h1-8,13,18H,9-11H2. The van der Waals surface area contributed by atoms with E-state index in [1.54, 1.807) is 0 Å². The SMILES string of the molecule is Clc1ccc(CC2CCNc3ccccc32)cc1. The Bertz CT molecular complexity index is 533. The lowest BCUT2D eigenvalue weighted by molar-refractivity contribution is 0.624. The maximum atomic E-state index is 5.93. The summed E-state index contributed by atoms with van der Waals surface area (Å²) < 4.78 is 0. The third kappa shape index (κ3) is 2.37. The van der Waals surface area contributed by atoms with E-state index in [-0.39, 0.29) is 0 Å². The Morgan fingerprint density at radius 3 is 2.67 bits per heavy atom. The lowest BCUT2D eigenvalue weighted by Gasteiger charge is -2.26. The molecule has 1 atom stereocenters. The maximum absolute atomic E-state index is 5.93. The van der Waals surface area contributed by atoms with Crippen molar-refractivity contribution in [3.8, 4) is 0 Å². The molecule has 0 aromatic heterocycles. The van der Waals surface area contributed by atoms with Crippen LogP contribution in [-0.2, 0) is 6.42 Å². The largest absolute Gasteiger partial charge is 0.385 e. The van der Waals surface area contributed by atoms with Gasteiger partial charge in [0.25, 0.3) is 0 Å². The summed E-state index contributed by atoms with van der Waals surface area (Å²) >= 11 is 5.93. The molecule has 0 saturated heterocycles. The number of hydrogen-bond donors (Lipinski definition) is 1. The van der Waals surface area contributed by atoms with Gasteiger partial charge in [0.15, 0.2) is 0 Å². The summed E-state index contributed by atoms with van der Waals surface area (Å²) in [5.74, 6) is 0.614. The average Bonchev–Trinajstić information content (AvgIpc) is 2.42. The van der Waals surface area contributed by atoms with Crippen LogP contribution in [0.5, 0.6) is 0 Å². The topological polar surface area (TPSA) is 12.0 Å². The molecule has 1 unspecified atom stereocenters. The van der Waals surface area contributed by atoms with Crippen molar-refractivity contribution in [1.29, 1.82) is 0 Å². The van der Waals surface area contributed by atoms with Crippen molar-refractivity contribution in [2.24, 2.45) is 0 Å². The molecule has 0 saturated carbocycles. The first-order valence-corrected chi connectivity index (χ1v) is 6.78. The molecule has 1 aliphatic rings. The van der Waals surface area contributed by atoms with Crippen LogP contribution in [0.4, 0.5) is 5.69 Å². The monoisotopic (exact) mass is 257 g/mol. The van der Waals surface area contributed by atoms with Gasteiger partial charge in [-0.15, -0.1) is 0 Å². The van der Waals surface area contributed by atoms with Crippen molar-refractivity contribution >= 4 is 17.3 Å². The van der Waals surface area contributed by atoms with Gasteiger partial charge in [-0.05, 0) is 48.1 Å². The number of hydrogen-bond acceptors (Lipinski definition) is 1. The summed E-state index contributed by atoms with van der Waals surface area (Å²) in [7, 11) is 0. The second kappa shape index (κ2) is 5.03. The molecule has 0 fully saturated rings. The van der Waals surface area contributed by atoms with Gasteiger partial charge >= 0.3 is 0 Å². The molecule has 2 aromatic rings. The fraction of sp³-hybridized carbons (Fsp3) is 0.250. The van der Waals surface area contributed by atoms with Crippen LogP contribution in [0.3, 0.4) is 0 Å². The van der Waals surface area contributed by atoms with Crippen LogP contribution in [-0.4, -0.2) is 6.54 Å². The number of para-hydroxylation sites is 1. The van der Waals surface area contributed by atoms with E-state index in [1.165, 1.54) is 23.2 Å². The predicted octanol–water partition coefficient (Wildman–Crippen LogP) is 4.48. The molecule has 1 heterocycles. The second-order valence-electron chi connectivity index (χ2n) is 4.83. The Morgan fingerprint density at radius 2 is 1.83 bits per heavy atom. The van der Waals surface area contributed by atoms with Crippen molar-refractivity contribution in [3.63, 3.8) is 0 Å². The van der Waals surface area contributed by atoms with Gasteiger partial charge < -0.3 is 5.32 Å². The number of benzene rings is 2. The van der Waals surface area contributed by atoms with Gasteiger partial charge in [-0.1, -0.05) is 41.9 Å². The van der Waals surface area contributed by atoms with Crippen molar-refractivity contribution in [3.05, 3.63) is 64.7 Å². The van der Waals surface area contributed by atoms with E-state index >= 15 is 0 Å². The zero-order valence-corrected chi connectivity index (χ0v) is 11.0. The van der Waals surface area contributed by atoms with Gasteiger partial charge in [0.1, 0.15) is 0 Å². The minimum Gasteiger partial charge on any atom is -0.385 e. The first-order chi connectivity index (χ1) is 8.83. The van der Waals surface area contributed by atoms with Crippen molar-refractivity contribution in [1.82, 2.24) is 0 Å². The highest BCUT2D eigenvalue weighted by Crippen LogP contribution is 2.33. The molecule has 1 aliphatic heterocycles. The van der Waals surface area contributed by atoms with Gasteiger partial charge in [-0.3, -0.25) is 0 Å². The maximum Gasteiger partial charge on any atom is 0.0406 e.